The van der Waals surface area contributed by atoms with E-state index in [2.05, 4.69) is 24.2 Å². The van der Waals surface area contributed by atoms with Gasteiger partial charge in [-0.1, -0.05) is 19.1 Å². The molecule has 50 valence electrons. The van der Waals surface area contributed by atoms with Crippen molar-refractivity contribution >= 4 is 0 Å². The molecular formula is C6H11N3. The Labute approximate surface area is 54.7 Å². The van der Waals surface area contributed by atoms with Crippen LogP contribution in [0.25, 0.3) is 0 Å². The van der Waals surface area contributed by atoms with E-state index in [1.54, 1.807) is 4.68 Å². The fourth-order valence-electron chi connectivity index (χ4n) is 0.630. The third kappa shape index (κ3) is 1.28. The van der Waals surface area contributed by atoms with Crippen LogP contribution in [0.4, 0.5) is 0 Å². The van der Waals surface area contributed by atoms with Gasteiger partial charge in [-0.3, -0.25) is 4.68 Å². The topological polar surface area (TPSA) is 30.7 Å². The van der Waals surface area contributed by atoms with Crippen molar-refractivity contribution in [3.8, 4) is 0 Å². The van der Waals surface area contributed by atoms with Crippen LogP contribution in [-0.4, -0.2) is 15.0 Å². The predicted molar refractivity (Wildman–Crippen MR) is 35.1 cm³/mol. The van der Waals surface area contributed by atoms with Crippen molar-refractivity contribution in [3.63, 3.8) is 0 Å². The van der Waals surface area contributed by atoms with E-state index in [1.165, 1.54) is 0 Å². The van der Waals surface area contributed by atoms with Crippen LogP contribution < -0.4 is 0 Å². The van der Waals surface area contributed by atoms with Gasteiger partial charge in [-0.15, -0.1) is 5.10 Å². The molecule has 0 bridgehead atoms. The van der Waals surface area contributed by atoms with Gasteiger partial charge in [0.05, 0.1) is 5.69 Å². The van der Waals surface area contributed by atoms with Crippen molar-refractivity contribution in [3.05, 3.63) is 11.9 Å². The minimum absolute atomic E-state index is 0.485. The molecule has 0 saturated heterocycles. The van der Waals surface area contributed by atoms with Gasteiger partial charge in [-0.05, 0) is 5.92 Å². The average molecular weight is 125 g/mol. The fourth-order valence-corrected chi connectivity index (χ4v) is 0.630. The van der Waals surface area contributed by atoms with Gasteiger partial charge in [0.25, 0.3) is 0 Å². The van der Waals surface area contributed by atoms with Gasteiger partial charge in [0.15, 0.2) is 0 Å². The molecule has 0 aliphatic heterocycles. The monoisotopic (exact) mass is 125 g/mol. The molecule has 0 unspecified atom stereocenters. The SMILES string of the molecule is CC(C)c1cn(C)nn1. The third-order valence-electron chi connectivity index (χ3n) is 1.21. The van der Waals surface area contributed by atoms with Gasteiger partial charge in [-0.2, -0.15) is 0 Å². The van der Waals surface area contributed by atoms with E-state index in [4.69, 9.17) is 0 Å². The largest absolute Gasteiger partial charge is 0.255 e. The molecular weight excluding hydrogens is 114 g/mol. The van der Waals surface area contributed by atoms with Crippen molar-refractivity contribution in [2.45, 2.75) is 19.8 Å². The number of hydrogen-bond acceptors (Lipinski definition) is 2. The van der Waals surface area contributed by atoms with Gasteiger partial charge in [0.2, 0.25) is 0 Å². The van der Waals surface area contributed by atoms with E-state index >= 15 is 0 Å². The maximum Gasteiger partial charge on any atom is 0.0852 e. The summed E-state index contributed by atoms with van der Waals surface area (Å²) in [6.45, 7) is 4.20. The van der Waals surface area contributed by atoms with E-state index in [0.717, 1.165) is 5.69 Å². The molecule has 0 saturated carbocycles. The maximum absolute atomic E-state index is 3.93. The number of rotatable bonds is 1. The van der Waals surface area contributed by atoms with Gasteiger partial charge < -0.3 is 0 Å². The highest BCUT2D eigenvalue weighted by atomic mass is 15.4. The zero-order chi connectivity index (χ0) is 6.85. The number of hydrogen-bond donors (Lipinski definition) is 0. The lowest BCUT2D eigenvalue weighted by Crippen LogP contribution is -1.85. The summed E-state index contributed by atoms with van der Waals surface area (Å²) in [6, 6.07) is 0. The Bertz CT molecular complexity index is 190. The predicted octanol–water partition coefficient (Wildman–Crippen LogP) is 0.939. The summed E-state index contributed by atoms with van der Waals surface area (Å²) in [5.41, 5.74) is 1.05. The van der Waals surface area contributed by atoms with E-state index in [1.807, 2.05) is 13.2 Å². The molecule has 1 rings (SSSR count). The summed E-state index contributed by atoms with van der Waals surface area (Å²) in [5, 5.41) is 7.73. The summed E-state index contributed by atoms with van der Waals surface area (Å²) in [4.78, 5) is 0. The lowest BCUT2D eigenvalue weighted by Gasteiger charge is -1.93. The van der Waals surface area contributed by atoms with Gasteiger partial charge in [0.1, 0.15) is 0 Å². The molecule has 0 fully saturated rings. The Morgan fingerprint density at radius 2 is 2.22 bits per heavy atom. The van der Waals surface area contributed by atoms with Crippen LogP contribution in [0.2, 0.25) is 0 Å². The Kier molecular flexibility index (Phi) is 1.51. The number of aryl methyl sites for hydroxylation is 1. The smallest absolute Gasteiger partial charge is 0.0852 e. The Morgan fingerprint density at radius 3 is 2.44 bits per heavy atom. The van der Waals surface area contributed by atoms with Crippen molar-refractivity contribution in [1.29, 1.82) is 0 Å². The molecule has 1 aromatic heterocycles. The molecule has 0 atom stereocenters. The van der Waals surface area contributed by atoms with Gasteiger partial charge in [-0.25, -0.2) is 0 Å². The molecule has 1 aromatic rings. The molecule has 0 aliphatic rings. The van der Waals surface area contributed by atoms with Crippen LogP contribution in [0, 0.1) is 0 Å². The van der Waals surface area contributed by atoms with E-state index < -0.39 is 0 Å². The number of aromatic nitrogens is 3. The lowest BCUT2D eigenvalue weighted by atomic mass is 10.2. The standard InChI is InChI=1S/C6H11N3/c1-5(2)6-4-9(3)8-7-6/h4-5H,1-3H3. The first kappa shape index (κ1) is 6.26. The normalized spacial score (nSPS) is 10.7. The van der Waals surface area contributed by atoms with E-state index in [-0.39, 0.29) is 0 Å². The molecule has 0 aliphatic carbocycles. The van der Waals surface area contributed by atoms with Crippen molar-refractivity contribution in [2.24, 2.45) is 7.05 Å². The van der Waals surface area contributed by atoms with Crippen molar-refractivity contribution in [1.82, 2.24) is 15.0 Å². The highest BCUT2D eigenvalue weighted by molar-refractivity contribution is 4.97. The lowest BCUT2D eigenvalue weighted by molar-refractivity contribution is 0.710. The van der Waals surface area contributed by atoms with Crippen molar-refractivity contribution < 1.29 is 0 Å². The minimum Gasteiger partial charge on any atom is -0.255 e. The molecule has 9 heavy (non-hydrogen) atoms. The highest BCUT2D eigenvalue weighted by Crippen LogP contribution is 2.07. The number of nitrogens with zero attached hydrogens (tertiary/aromatic N) is 3. The molecule has 0 spiro atoms. The van der Waals surface area contributed by atoms with Crippen LogP contribution >= 0.6 is 0 Å². The Balaban J connectivity index is 2.85. The van der Waals surface area contributed by atoms with Crippen LogP contribution in [0.3, 0.4) is 0 Å². The second-order valence-corrected chi connectivity index (χ2v) is 2.47. The van der Waals surface area contributed by atoms with Crippen LogP contribution in [0.15, 0.2) is 6.20 Å². The molecule has 1 heterocycles. The summed E-state index contributed by atoms with van der Waals surface area (Å²) >= 11 is 0. The van der Waals surface area contributed by atoms with Gasteiger partial charge in [0, 0.05) is 13.2 Å². The van der Waals surface area contributed by atoms with Crippen LogP contribution in [0.1, 0.15) is 25.5 Å². The molecule has 0 amide bonds. The zero-order valence-corrected chi connectivity index (χ0v) is 6.00. The Hall–Kier alpha value is -0.860. The first-order chi connectivity index (χ1) is 4.20. The van der Waals surface area contributed by atoms with Crippen LogP contribution in [0.5, 0.6) is 0 Å². The Morgan fingerprint density at radius 1 is 1.56 bits per heavy atom. The van der Waals surface area contributed by atoms with Gasteiger partial charge >= 0.3 is 0 Å². The first-order valence-electron chi connectivity index (χ1n) is 3.06. The van der Waals surface area contributed by atoms with E-state index in [0.29, 0.717) is 5.92 Å². The molecule has 0 N–H and O–H groups in total. The van der Waals surface area contributed by atoms with E-state index in [9.17, 15) is 0 Å². The maximum atomic E-state index is 3.93. The van der Waals surface area contributed by atoms with Crippen molar-refractivity contribution in [2.75, 3.05) is 0 Å². The second-order valence-electron chi connectivity index (χ2n) is 2.47. The quantitative estimate of drug-likeness (QED) is 0.559. The summed E-state index contributed by atoms with van der Waals surface area (Å²) < 4.78 is 1.72. The van der Waals surface area contributed by atoms with Crippen LogP contribution in [-0.2, 0) is 7.05 Å². The highest BCUT2D eigenvalue weighted by Gasteiger charge is 2.00. The molecule has 0 aromatic carbocycles. The minimum atomic E-state index is 0.485. The molecule has 0 radical (unpaired) electrons. The first-order valence-corrected chi connectivity index (χ1v) is 3.06. The third-order valence-corrected chi connectivity index (χ3v) is 1.21. The summed E-state index contributed by atoms with van der Waals surface area (Å²) in [6.07, 6.45) is 1.94. The summed E-state index contributed by atoms with van der Waals surface area (Å²) in [7, 11) is 1.87. The average Bonchev–Trinajstić information content (AvgIpc) is 2.14. The molecule has 3 heteroatoms. The molecule has 3 nitrogen and oxygen atoms in total. The summed E-state index contributed by atoms with van der Waals surface area (Å²) in [5.74, 6) is 0.485. The fraction of sp³-hybridized carbons (Fsp3) is 0.667. The second kappa shape index (κ2) is 2.17. The zero-order valence-electron chi connectivity index (χ0n) is 6.00.